The highest BCUT2D eigenvalue weighted by atomic mass is 19.3. The van der Waals surface area contributed by atoms with Crippen LogP contribution in [0.1, 0.15) is 47.4 Å². The quantitative estimate of drug-likeness (QED) is 0.869. The molecule has 0 saturated heterocycles. The molecule has 1 aliphatic carbocycles. The molecule has 0 aliphatic heterocycles. The first-order valence-corrected chi connectivity index (χ1v) is 7.88. The molecule has 0 spiro atoms. The van der Waals surface area contributed by atoms with Gasteiger partial charge in [0.05, 0.1) is 0 Å². The van der Waals surface area contributed by atoms with Gasteiger partial charge in [0.2, 0.25) is 5.92 Å². The Hall–Kier alpha value is -2.38. The van der Waals surface area contributed by atoms with Gasteiger partial charge in [-0.3, -0.25) is 4.79 Å². The van der Waals surface area contributed by atoms with Gasteiger partial charge < -0.3 is 5.32 Å². The van der Waals surface area contributed by atoms with Gasteiger partial charge in [0.1, 0.15) is 11.5 Å². The number of hydrogen-bond acceptors (Lipinski definition) is 5. The summed E-state index contributed by atoms with van der Waals surface area (Å²) in [5.74, 6) is -1.63. The minimum absolute atomic E-state index is 0.0309. The van der Waals surface area contributed by atoms with E-state index >= 15 is 0 Å². The predicted molar refractivity (Wildman–Crippen MR) is 84.8 cm³/mol. The first-order chi connectivity index (χ1) is 11.4. The van der Waals surface area contributed by atoms with Gasteiger partial charge in [-0.1, -0.05) is 0 Å². The van der Waals surface area contributed by atoms with Gasteiger partial charge in [0.25, 0.3) is 5.95 Å². The van der Waals surface area contributed by atoms with E-state index in [4.69, 9.17) is 0 Å². The maximum Gasteiger partial charge on any atom is 0.252 e. The van der Waals surface area contributed by atoms with Crippen molar-refractivity contribution < 1.29 is 13.6 Å². The summed E-state index contributed by atoms with van der Waals surface area (Å²) in [5, 5.41) is 7.35. The number of carbonyl (C=O) groups is 1. The molecule has 0 aromatic carbocycles. The molecule has 24 heavy (non-hydrogen) atoms. The molecule has 1 saturated carbocycles. The summed E-state index contributed by atoms with van der Waals surface area (Å²) >= 11 is 0. The number of carbonyl (C=O) groups excluding carboxylic acids is 1. The van der Waals surface area contributed by atoms with E-state index in [1.807, 2.05) is 6.92 Å². The first kappa shape index (κ1) is 16.5. The van der Waals surface area contributed by atoms with Crippen molar-refractivity contribution in [3.8, 4) is 5.95 Å². The molecule has 2 aromatic heterocycles. The predicted octanol–water partition coefficient (Wildman–Crippen LogP) is 3.08. The van der Waals surface area contributed by atoms with E-state index in [2.05, 4.69) is 20.4 Å². The Kier molecular flexibility index (Phi) is 4.29. The van der Waals surface area contributed by atoms with Crippen LogP contribution in [0.3, 0.4) is 0 Å². The summed E-state index contributed by atoms with van der Waals surface area (Å²) in [6.45, 7) is 3.60. The smallest absolute Gasteiger partial charge is 0.252 e. The minimum atomic E-state index is -2.55. The molecular weight excluding hydrogens is 316 g/mol. The number of aromatic nitrogens is 4. The van der Waals surface area contributed by atoms with Crippen molar-refractivity contribution in [3.63, 3.8) is 0 Å². The van der Waals surface area contributed by atoms with Gasteiger partial charge in [0.15, 0.2) is 6.29 Å². The van der Waals surface area contributed by atoms with E-state index in [0.29, 0.717) is 36.6 Å². The highest BCUT2D eigenvalue weighted by Crippen LogP contribution is 2.34. The molecule has 0 bridgehead atoms. The average molecular weight is 335 g/mol. The Bertz CT molecular complexity index is 749. The zero-order valence-corrected chi connectivity index (χ0v) is 13.6. The number of hydrogen-bond donors (Lipinski definition) is 1. The molecule has 8 heteroatoms. The van der Waals surface area contributed by atoms with Crippen LogP contribution >= 0.6 is 0 Å². The van der Waals surface area contributed by atoms with Gasteiger partial charge in [-0.25, -0.2) is 18.4 Å². The Morgan fingerprint density at radius 2 is 2.00 bits per heavy atom. The molecule has 1 N–H and O–H groups in total. The molecule has 128 valence electrons. The van der Waals surface area contributed by atoms with Crippen molar-refractivity contribution >= 4 is 12.1 Å². The third kappa shape index (κ3) is 3.58. The summed E-state index contributed by atoms with van der Waals surface area (Å²) in [7, 11) is 0. The van der Waals surface area contributed by atoms with Crippen molar-refractivity contribution in [3.05, 3.63) is 29.2 Å². The van der Waals surface area contributed by atoms with Crippen molar-refractivity contribution in [2.75, 3.05) is 5.32 Å². The fourth-order valence-corrected chi connectivity index (χ4v) is 2.82. The molecule has 2 aromatic rings. The fourth-order valence-electron chi connectivity index (χ4n) is 2.82. The number of anilines is 1. The van der Waals surface area contributed by atoms with Crippen molar-refractivity contribution in [1.82, 2.24) is 19.7 Å². The summed E-state index contributed by atoms with van der Waals surface area (Å²) in [5.41, 5.74) is 1.80. The van der Waals surface area contributed by atoms with E-state index in [-0.39, 0.29) is 18.9 Å². The van der Waals surface area contributed by atoms with Crippen LogP contribution in [0.5, 0.6) is 0 Å². The Balaban J connectivity index is 1.80. The van der Waals surface area contributed by atoms with Gasteiger partial charge in [-0.05, 0) is 32.3 Å². The number of halogens is 2. The fraction of sp³-hybridized carbons (Fsp3) is 0.500. The molecule has 2 heterocycles. The number of rotatable bonds is 4. The molecule has 1 fully saturated rings. The number of aldehydes is 1. The summed E-state index contributed by atoms with van der Waals surface area (Å²) in [4.78, 5) is 19.7. The maximum absolute atomic E-state index is 13.2. The van der Waals surface area contributed by atoms with Crippen molar-refractivity contribution in [1.29, 1.82) is 0 Å². The summed E-state index contributed by atoms with van der Waals surface area (Å²) < 4.78 is 27.9. The largest absolute Gasteiger partial charge is 0.367 e. The van der Waals surface area contributed by atoms with E-state index < -0.39 is 5.92 Å². The molecule has 3 rings (SSSR count). The number of alkyl halides is 2. The molecule has 0 unspecified atom stereocenters. The second-order valence-corrected chi connectivity index (χ2v) is 6.23. The van der Waals surface area contributed by atoms with Crippen LogP contribution < -0.4 is 5.32 Å². The Morgan fingerprint density at radius 3 is 2.62 bits per heavy atom. The SMILES string of the molecule is Cc1cc(NC2CCC(F)(F)CC2)nc(-n2cc(C)c(C=O)n2)n1. The van der Waals surface area contributed by atoms with Crippen molar-refractivity contribution in [2.24, 2.45) is 0 Å². The molecule has 0 amide bonds. The highest BCUT2D eigenvalue weighted by Gasteiger charge is 2.34. The second kappa shape index (κ2) is 6.26. The topological polar surface area (TPSA) is 72.7 Å². The number of nitrogens with zero attached hydrogens (tertiary/aromatic N) is 4. The molecule has 0 atom stereocenters. The van der Waals surface area contributed by atoms with Crippen LogP contribution in [0.2, 0.25) is 0 Å². The highest BCUT2D eigenvalue weighted by molar-refractivity contribution is 5.73. The van der Waals surface area contributed by atoms with Crippen LogP contribution in [0.4, 0.5) is 14.6 Å². The maximum atomic E-state index is 13.2. The third-order valence-corrected chi connectivity index (χ3v) is 4.16. The molecule has 6 nitrogen and oxygen atoms in total. The summed E-state index contributed by atoms with van der Waals surface area (Å²) in [6, 6.07) is 1.74. The normalized spacial score (nSPS) is 17.7. The number of nitrogens with one attached hydrogen (secondary N) is 1. The van der Waals surface area contributed by atoms with Gasteiger partial charge in [0, 0.05) is 36.8 Å². The third-order valence-electron chi connectivity index (χ3n) is 4.16. The van der Waals surface area contributed by atoms with Crippen molar-refractivity contribution in [2.45, 2.75) is 51.5 Å². The monoisotopic (exact) mass is 335 g/mol. The zero-order valence-electron chi connectivity index (χ0n) is 13.6. The lowest BCUT2D eigenvalue weighted by atomic mass is 9.92. The average Bonchev–Trinajstić information content (AvgIpc) is 2.90. The van der Waals surface area contributed by atoms with Gasteiger partial charge in [-0.2, -0.15) is 10.1 Å². The lowest BCUT2D eigenvalue weighted by molar-refractivity contribution is -0.0361. The second-order valence-electron chi connectivity index (χ2n) is 6.23. The Morgan fingerprint density at radius 1 is 1.29 bits per heavy atom. The molecule has 1 aliphatic rings. The van der Waals surface area contributed by atoms with Crippen LogP contribution in [-0.2, 0) is 0 Å². The van der Waals surface area contributed by atoms with Crippen LogP contribution in [-0.4, -0.2) is 38.0 Å². The van der Waals surface area contributed by atoms with E-state index in [9.17, 15) is 13.6 Å². The van der Waals surface area contributed by atoms with E-state index in [1.165, 1.54) is 4.68 Å². The summed E-state index contributed by atoms with van der Waals surface area (Å²) in [6.07, 6.45) is 2.96. The molecule has 0 radical (unpaired) electrons. The standard InChI is InChI=1S/C16H19F2N5O/c1-10-8-23(22-13(10)9-24)15-19-11(2)7-14(21-15)20-12-3-5-16(17,18)6-4-12/h7-9,12H,3-6H2,1-2H3,(H,19,20,21). The zero-order chi connectivity index (χ0) is 17.3. The minimum Gasteiger partial charge on any atom is -0.367 e. The lowest BCUT2D eigenvalue weighted by Gasteiger charge is -2.29. The van der Waals surface area contributed by atoms with E-state index in [0.717, 1.165) is 11.3 Å². The van der Waals surface area contributed by atoms with Gasteiger partial charge >= 0.3 is 0 Å². The van der Waals surface area contributed by atoms with Crippen LogP contribution in [0.15, 0.2) is 12.3 Å². The van der Waals surface area contributed by atoms with Crippen LogP contribution in [0, 0.1) is 13.8 Å². The van der Waals surface area contributed by atoms with E-state index in [1.54, 1.807) is 19.2 Å². The lowest BCUT2D eigenvalue weighted by Crippen LogP contribution is -2.32. The Labute approximate surface area is 138 Å². The van der Waals surface area contributed by atoms with Crippen LogP contribution in [0.25, 0.3) is 5.95 Å². The number of aryl methyl sites for hydroxylation is 2. The van der Waals surface area contributed by atoms with Gasteiger partial charge in [-0.15, -0.1) is 0 Å². The first-order valence-electron chi connectivity index (χ1n) is 7.88. The molecular formula is C16H19F2N5O.